The Balaban J connectivity index is 2.06. The first-order valence-corrected chi connectivity index (χ1v) is 9.86. The Hall–Kier alpha value is -2.38. The lowest BCUT2D eigenvalue weighted by Gasteiger charge is -2.24. The minimum Gasteiger partial charge on any atom is -0.480 e. The number of benzene rings is 2. The van der Waals surface area contributed by atoms with Gasteiger partial charge >= 0.3 is 0 Å². The molecule has 0 aromatic heterocycles. The van der Waals surface area contributed by atoms with Crippen LogP contribution in [0, 0.1) is 6.92 Å². The molecule has 2 rings (SSSR count). The molecule has 2 N–H and O–H groups in total. The van der Waals surface area contributed by atoms with Crippen molar-refractivity contribution in [2.24, 2.45) is 5.14 Å². The summed E-state index contributed by atoms with van der Waals surface area (Å²) in [5.41, 5.74) is 1.78. The van der Waals surface area contributed by atoms with Crippen molar-refractivity contribution in [3.05, 3.63) is 59.7 Å². The molecule has 0 spiro atoms. The second-order valence-corrected chi connectivity index (χ2v) is 7.72. The van der Waals surface area contributed by atoms with E-state index in [0.29, 0.717) is 18.7 Å². The number of likely N-dealkylation sites (N-methyl/N-ethyl adjacent to an activating group) is 1. The number of nitrogens with zero attached hydrogens (tertiary/aromatic N) is 1. The van der Waals surface area contributed by atoms with E-state index in [1.54, 1.807) is 24.1 Å². The highest BCUT2D eigenvalue weighted by Crippen LogP contribution is 2.20. The van der Waals surface area contributed by atoms with E-state index in [2.05, 4.69) is 0 Å². The van der Waals surface area contributed by atoms with E-state index in [0.717, 1.165) is 11.1 Å². The topological polar surface area (TPSA) is 89.7 Å². The zero-order chi connectivity index (χ0) is 19.3. The summed E-state index contributed by atoms with van der Waals surface area (Å²) < 4.78 is 28.5. The smallest absolute Gasteiger partial charge is 0.263 e. The molecular weight excluding hydrogens is 352 g/mol. The number of carbonyl (C=O) groups is 1. The van der Waals surface area contributed by atoms with Crippen LogP contribution in [0.5, 0.6) is 5.75 Å². The van der Waals surface area contributed by atoms with Crippen molar-refractivity contribution in [1.29, 1.82) is 0 Å². The van der Waals surface area contributed by atoms with Crippen molar-refractivity contribution in [2.45, 2.75) is 37.8 Å². The molecule has 0 radical (unpaired) electrons. The van der Waals surface area contributed by atoms with Crippen LogP contribution < -0.4 is 9.88 Å². The molecule has 1 unspecified atom stereocenters. The van der Waals surface area contributed by atoms with Gasteiger partial charge in [0.1, 0.15) is 5.75 Å². The summed E-state index contributed by atoms with van der Waals surface area (Å²) in [6.07, 6.45) is -0.0354. The van der Waals surface area contributed by atoms with E-state index in [1.165, 1.54) is 12.1 Å². The molecule has 140 valence electrons. The highest BCUT2D eigenvalue weighted by molar-refractivity contribution is 7.89. The predicted molar refractivity (Wildman–Crippen MR) is 100 cm³/mol. The monoisotopic (exact) mass is 376 g/mol. The Morgan fingerprint density at radius 3 is 2.31 bits per heavy atom. The number of sulfonamides is 1. The molecular formula is C19H24N2O4S. The minimum absolute atomic E-state index is 0.0459. The van der Waals surface area contributed by atoms with Crippen LogP contribution >= 0.6 is 0 Å². The van der Waals surface area contributed by atoms with Crippen molar-refractivity contribution in [3.63, 3.8) is 0 Å². The predicted octanol–water partition coefficient (Wildman–Crippen LogP) is 2.46. The van der Waals surface area contributed by atoms with Crippen LogP contribution in [0.1, 0.15) is 24.5 Å². The fourth-order valence-corrected chi connectivity index (χ4v) is 3.05. The highest BCUT2D eigenvalue weighted by atomic mass is 32.2. The first-order chi connectivity index (χ1) is 12.2. The highest BCUT2D eigenvalue weighted by Gasteiger charge is 2.23. The Labute approximate surface area is 154 Å². The Morgan fingerprint density at radius 2 is 1.77 bits per heavy atom. The first kappa shape index (κ1) is 19.9. The van der Waals surface area contributed by atoms with Crippen LogP contribution in [0.25, 0.3) is 0 Å². The van der Waals surface area contributed by atoms with Crippen LogP contribution in [0.3, 0.4) is 0 Å². The maximum absolute atomic E-state index is 12.7. The molecule has 2 aromatic carbocycles. The molecule has 0 aliphatic rings. The van der Waals surface area contributed by atoms with E-state index in [1.807, 2.05) is 38.1 Å². The molecule has 0 saturated heterocycles. The maximum atomic E-state index is 12.7. The van der Waals surface area contributed by atoms with Crippen LogP contribution in [0.15, 0.2) is 53.4 Å². The van der Waals surface area contributed by atoms with Crippen LogP contribution in [0.4, 0.5) is 0 Å². The summed E-state index contributed by atoms with van der Waals surface area (Å²) >= 11 is 0. The van der Waals surface area contributed by atoms with Crippen LogP contribution in [0.2, 0.25) is 0 Å². The number of amides is 1. The molecule has 26 heavy (non-hydrogen) atoms. The zero-order valence-electron chi connectivity index (χ0n) is 15.2. The summed E-state index contributed by atoms with van der Waals surface area (Å²) in [6.45, 7) is 4.18. The van der Waals surface area contributed by atoms with E-state index in [9.17, 15) is 13.2 Å². The number of aryl methyl sites for hydroxylation is 1. The number of primary sulfonamides is 1. The Bertz CT molecular complexity index is 863. The summed E-state index contributed by atoms with van der Waals surface area (Å²) in [4.78, 5) is 14.3. The normalized spacial score (nSPS) is 12.5. The Kier molecular flexibility index (Phi) is 6.39. The molecule has 1 amide bonds. The lowest BCUT2D eigenvalue weighted by Crippen LogP contribution is -2.39. The molecule has 2 aromatic rings. The standard InChI is InChI=1S/C19H24N2O4S/c1-4-17(25-18-8-6-5-7-14(18)2)19(22)21(3)13-15-9-11-16(12-10-15)26(20,23)24/h5-12,17H,4,13H2,1-3H3,(H2,20,23,24). The maximum Gasteiger partial charge on any atom is 0.263 e. The van der Waals surface area contributed by atoms with Crippen LogP contribution in [-0.2, 0) is 21.4 Å². The minimum atomic E-state index is -3.72. The number of rotatable bonds is 7. The van der Waals surface area contributed by atoms with Gasteiger partial charge in [-0.05, 0) is 42.7 Å². The van der Waals surface area contributed by atoms with Crippen molar-refractivity contribution in [1.82, 2.24) is 4.90 Å². The van der Waals surface area contributed by atoms with E-state index < -0.39 is 16.1 Å². The third kappa shape index (κ3) is 5.06. The van der Waals surface area contributed by atoms with Crippen LogP contribution in [-0.4, -0.2) is 32.4 Å². The quantitative estimate of drug-likeness (QED) is 0.804. The van der Waals surface area contributed by atoms with Gasteiger partial charge in [0.2, 0.25) is 10.0 Å². The van der Waals surface area contributed by atoms with Gasteiger partial charge in [0.05, 0.1) is 4.90 Å². The van der Waals surface area contributed by atoms with Gasteiger partial charge < -0.3 is 9.64 Å². The summed E-state index contributed by atoms with van der Waals surface area (Å²) in [6, 6.07) is 13.7. The molecule has 0 saturated carbocycles. The first-order valence-electron chi connectivity index (χ1n) is 8.31. The summed E-state index contributed by atoms with van der Waals surface area (Å²) in [5.74, 6) is 0.560. The van der Waals surface area contributed by atoms with Gasteiger partial charge in [-0.2, -0.15) is 0 Å². The second kappa shape index (κ2) is 8.33. The van der Waals surface area contributed by atoms with Gasteiger partial charge in [0.15, 0.2) is 6.10 Å². The molecule has 0 heterocycles. The van der Waals surface area contributed by atoms with Crippen molar-refractivity contribution >= 4 is 15.9 Å². The van der Waals surface area contributed by atoms with Gasteiger partial charge in [0.25, 0.3) is 5.91 Å². The molecule has 0 aliphatic heterocycles. The van der Waals surface area contributed by atoms with Gasteiger partial charge in [0, 0.05) is 13.6 Å². The molecule has 0 bridgehead atoms. The number of nitrogens with two attached hydrogens (primary N) is 1. The third-order valence-corrected chi connectivity index (χ3v) is 4.99. The number of para-hydroxylation sites is 1. The summed E-state index contributed by atoms with van der Waals surface area (Å²) in [7, 11) is -2.03. The average Bonchev–Trinajstić information content (AvgIpc) is 2.60. The fourth-order valence-electron chi connectivity index (χ4n) is 2.53. The largest absolute Gasteiger partial charge is 0.480 e. The average molecular weight is 376 g/mol. The van der Waals surface area contributed by atoms with Crippen molar-refractivity contribution in [2.75, 3.05) is 7.05 Å². The third-order valence-electron chi connectivity index (χ3n) is 4.06. The van der Waals surface area contributed by atoms with Gasteiger partial charge in [-0.1, -0.05) is 37.3 Å². The lowest BCUT2D eigenvalue weighted by atomic mass is 10.2. The molecule has 0 fully saturated rings. The van der Waals surface area contributed by atoms with E-state index in [4.69, 9.17) is 9.88 Å². The number of hydrogen-bond donors (Lipinski definition) is 1. The lowest BCUT2D eigenvalue weighted by molar-refractivity contribution is -0.138. The molecule has 7 heteroatoms. The van der Waals surface area contributed by atoms with Gasteiger partial charge in [-0.25, -0.2) is 13.6 Å². The number of hydrogen-bond acceptors (Lipinski definition) is 4. The van der Waals surface area contributed by atoms with Crippen molar-refractivity contribution < 1.29 is 17.9 Å². The molecule has 0 aliphatic carbocycles. The number of carbonyl (C=O) groups excluding carboxylic acids is 1. The summed E-state index contributed by atoms with van der Waals surface area (Å²) in [5, 5.41) is 5.09. The van der Waals surface area contributed by atoms with Gasteiger partial charge in [-0.3, -0.25) is 4.79 Å². The van der Waals surface area contributed by atoms with Gasteiger partial charge in [-0.15, -0.1) is 0 Å². The van der Waals surface area contributed by atoms with Crippen molar-refractivity contribution in [3.8, 4) is 5.75 Å². The SMILES string of the molecule is CCC(Oc1ccccc1C)C(=O)N(C)Cc1ccc(S(N)(=O)=O)cc1. The van der Waals surface area contributed by atoms with E-state index >= 15 is 0 Å². The fraction of sp³-hybridized carbons (Fsp3) is 0.316. The molecule has 6 nitrogen and oxygen atoms in total. The number of ether oxygens (including phenoxy) is 1. The zero-order valence-corrected chi connectivity index (χ0v) is 16.0. The van der Waals surface area contributed by atoms with E-state index in [-0.39, 0.29) is 10.8 Å². The second-order valence-electron chi connectivity index (χ2n) is 6.16. The molecule has 1 atom stereocenters. The Morgan fingerprint density at radius 1 is 1.15 bits per heavy atom.